The van der Waals surface area contributed by atoms with E-state index in [-0.39, 0.29) is 0 Å². The molecule has 12 heavy (non-hydrogen) atoms. The molecule has 0 radical (unpaired) electrons. The predicted molar refractivity (Wildman–Crippen MR) is 63.3 cm³/mol. The molecule has 0 aromatic rings. The molecule has 0 aromatic heterocycles. The molecule has 0 aromatic carbocycles. The molecule has 0 aliphatic carbocycles. The highest BCUT2D eigenvalue weighted by Gasteiger charge is 2.07. The first kappa shape index (κ1) is 12.9. The lowest BCUT2D eigenvalue weighted by molar-refractivity contribution is 0.276. The summed E-state index contributed by atoms with van der Waals surface area (Å²) < 4.78 is 11.7. The summed E-state index contributed by atoms with van der Waals surface area (Å²) in [7, 11) is 2.26. The fourth-order valence-electron chi connectivity index (χ4n) is 1.09. The quantitative estimate of drug-likeness (QED) is 0.297. The number of alkyl halides is 1. The van der Waals surface area contributed by atoms with Crippen LogP contribution in [0.2, 0.25) is 6.04 Å². The molecule has 0 N–H and O–H groups in total. The van der Waals surface area contributed by atoms with E-state index in [2.05, 4.69) is 22.6 Å². The van der Waals surface area contributed by atoms with Gasteiger partial charge in [0.15, 0.2) is 0 Å². The Kier molecular flexibility index (Phi) is 10.7. The molecule has 2 nitrogen and oxygen atoms in total. The second kappa shape index (κ2) is 9.95. The number of unbranched alkanes of at least 4 members (excludes halogenated alkanes) is 3. The van der Waals surface area contributed by atoms with E-state index >= 15 is 0 Å². The van der Waals surface area contributed by atoms with Crippen LogP contribution in [0.5, 0.6) is 0 Å². The van der Waals surface area contributed by atoms with Gasteiger partial charge in [-0.05, 0) is 16.9 Å². The average molecular weight is 302 g/mol. The predicted octanol–water partition coefficient (Wildman–Crippen LogP) is 2.50. The summed E-state index contributed by atoms with van der Waals surface area (Å²) in [6.07, 6.45) is 5.32. The summed E-state index contributed by atoms with van der Waals surface area (Å²) in [5, 5.41) is 0. The molecule has 0 amide bonds. The molecule has 0 heterocycles. The molecule has 0 aliphatic rings. The van der Waals surface area contributed by atoms with Gasteiger partial charge in [-0.3, -0.25) is 0 Å². The summed E-state index contributed by atoms with van der Waals surface area (Å²) in [5.41, 5.74) is 0. The van der Waals surface area contributed by atoms with Crippen LogP contribution in [0.1, 0.15) is 25.7 Å². The van der Waals surface area contributed by atoms with Crippen LogP contribution in [0.15, 0.2) is 0 Å². The van der Waals surface area contributed by atoms with Crippen LogP contribution in [0.25, 0.3) is 0 Å². The van der Waals surface area contributed by atoms with Crippen molar-refractivity contribution in [3.8, 4) is 0 Å². The van der Waals surface area contributed by atoms with E-state index < -0.39 is 9.28 Å². The van der Waals surface area contributed by atoms with E-state index in [4.69, 9.17) is 8.85 Å². The van der Waals surface area contributed by atoms with E-state index in [0.29, 0.717) is 0 Å². The number of hydrogen-bond acceptors (Lipinski definition) is 2. The molecule has 0 saturated heterocycles. The van der Waals surface area contributed by atoms with Gasteiger partial charge in [0.25, 0.3) is 0 Å². The number of hydrogen-bond donors (Lipinski definition) is 0. The summed E-state index contributed by atoms with van der Waals surface area (Å²) >= 11 is 2.43. The van der Waals surface area contributed by atoms with Gasteiger partial charge in [-0.15, -0.1) is 0 Å². The van der Waals surface area contributed by atoms with Gasteiger partial charge in [0.05, 0.1) is 0 Å². The van der Waals surface area contributed by atoms with Crippen molar-refractivity contribution in [1.29, 1.82) is 0 Å². The molecule has 0 atom stereocenters. The Morgan fingerprint density at radius 1 is 1.00 bits per heavy atom. The topological polar surface area (TPSA) is 18.5 Å². The summed E-state index contributed by atoms with van der Waals surface area (Å²) in [6.45, 7) is 0. The first-order valence-corrected chi connectivity index (χ1v) is 7.75. The number of halogens is 1. The lowest BCUT2D eigenvalue weighted by Gasteiger charge is -2.09. The van der Waals surface area contributed by atoms with Crippen molar-refractivity contribution >= 4 is 31.9 Å². The lowest BCUT2D eigenvalue weighted by Crippen LogP contribution is -2.18. The molecule has 0 spiro atoms. The Labute approximate surface area is 91.0 Å². The molecular formula is C8H19IO2Si. The third-order valence-electron chi connectivity index (χ3n) is 1.85. The van der Waals surface area contributed by atoms with Gasteiger partial charge in [-0.2, -0.15) is 0 Å². The fourth-order valence-corrected chi connectivity index (χ4v) is 2.92. The molecule has 0 saturated carbocycles. The van der Waals surface area contributed by atoms with E-state index in [9.17, 15) is 0 Å². The molecular weight excluding hydrogens is 283 g/mol. The van der Waals surface area contributed by atoms with Crippen molar-refractivity contribution in [2.45, 2.75) is 31.7 Å². The highest BCUT2D eigenvalue weighted by atomic mass is 127. The van der Waals surface area contributed by atoms with E-state index in [1.807, 2.05) is 0 Å². The van der Waals surface area contributed by atoms with Gasteiger partial charge in [0.2, 0.25) is 0 Å². The zero-order valence-electron chi connectivity index (χ0n) is 8.01. The van der Waals surface area contributed by atoms with Crippen molar-refractivity contribution in [3.05, 3.63) is 0 Å². The Morgan fingerprint density at radius 2 is 1.58 bits per heavy atom. The van der Waals surface area contributed by atoms with Gasteiger partial charge in [0.1, 0.15) is 0 Å². The van der Waals surface area contributed by atoms with Crippen LogP contribution >= 0.6 is 22.6 Å². The highest BCUT2D eigenvalue weighted by molar-refractivity contribution is 14.1. The van der Waals surface area contributed by atoms with Gasteiger partial charge < -0.3 is 8.85 Å². The molecule has 4 heteroatoms. The zero-order valence-corrected chi connectivity index (χ0v) is 11.3. The van der Waals surface area contributed by atoms with E-state index in [1.165, 1.54) is 30.1 Å². The van der Waals surface area contributed by atoms with Crippen molar-refractivity contribution in [2.75, 3.05) is 18.6 Å². The Balaban J connectivity index is 3.06. The third-order valence-corrected chi connectivity index (χ3v) is 4.54. The van der Waals surface area contributed by atoms with E-state index in [0.717, 1.165) is 6.04 Å². The largest absolute Gasteiger partial charge is 0.400 e. The normalized spacial score (nSPS) is 11.0. The second-order valence-corrected chi connectivity index (χ2v) is 6.25. The molecule has 0 bridgehead atoms. The van der Waals surface area contributed by atoms with Crippen LogP contribution < -0.4 is 0 Å². The van der Waals surface area contributed by atoms with Gasteiger partial charge >= 0.3 is 9.28 Å². The molecule has 0 unspecified atom stereocenters. The lowest BCUT2D eigenvalue weighted by atomic mass is 10.2. The van der Waals surface area contributed by atoms with Gasteiger partial charge in [-0.1, -0.05) is 41.9 Å². The minimum Gasteiger partial charge on any atom is -0.400 e. The zero-order chi connectivity index (χ0) is 9.23. The van der Waals surface area contributed by atoms with Crippen molar-refractivity contribution in [2.24, 2.45) is 0 Å². The van der Waals surface area contributed by atoms with Crippen LogP contribution in [-0.4, -0.2) is 27.9 Å². The summed E-state index contributed by atoms with van der Waals surface area (Å²) in [5.74, 6) is 0. The maximum Gasteiger partial charge on any atom is 0.320 e. The van der Waals surface area contributed by atoms with Crippen LogP contribution in [0, 0.1) is 0 Å². The Bertz CT molecular complexity index is 89.1. The Hall–Kier alpha value is 0.867. The Morgan fingerprint density at radius 3 is 2.08 bits per heavy atom. The maximum absolute atomic E-state index is 5.22. The second-order valence-electron chi connectivity index (χ2n) is 2.79. The van der Waals surface area contributed by atoms with Crippen LogP contribution in [-0.2, 0) is 8.85 Å². The van der Waals surface area contributed by atoms with Crippen molar-refractivity contribution in [1.82, 2.24) is 0 Å². The third kappa shape index (κ3) is 7.51. The smallest absolute Gasteiger partial charge is 0.320 e. The first-order chi connectivity index (χ1) is 5.85. The standard InChI is InChI=1S/C8H19IO2Si/c1-10-12(11-2)8-6-4-3-5-7-9/h12H,3-8H2,1-2H3. The summed E-state index contributed by atoms with van der Waals surface area (Å²) in [6, 6.07) is 1.16. The molecule has 0 fully saturated rings. The van der Waals surface area contributed by atoms with Crippen LogP contribution in [0.4, 0.5) is 0 Å². The maximum atomic E-state index is 5.22. The minimum absolute atomic E-state index is 1.16. The van der Waals surface area contributed by atoms with E-state index in [1.54, 1.807) is 14.2 Å². The highest BCUT2D eigenvalue weighted by Crippen LogP contribution is 2.07. The summed E-state index contributed by atoms with van der Waals surface area (Å²) in [4.78, 5) is 0. The molecule has 0 aliphatic heterocycles. The molecule has 0 rings (SSSR count). The van der Waals surface area contributed by atoms with Gasteiger partial charge in [0, 0.05) is 14.2 Å². The minimum atomic E-state index is -1.25. The van der Waals surface area contributed by atoms with Crippen molar-refractivity contribution < 1.29 is 8.85 Å². The SMILES string of the molecule is CO[SiH](CCCCCCI)OC. The number of rotatable bonds is 8. The van der Waals surface area contributed by atoms with Crippen molar-refractivity contribution in [3.63, 3.8) is 0 Å². The van der Waals surface area contributed by atoms with Crippen LogP contribution in [0.3, 0.4) is 0 Å². The monoisotopic (exact) mass is 302 g/mol. The first-order valence-electron chi connectivity index (χ1n) is 4.46. The van der Waals surface area contributed by atoms with Gasteiger partial charge in [-0.25, -0.2) is 0 Å². The average Bonchev–Trinajstić information content (AvgIpc) is 2.11. The fraction of sp³-hybridized carbons (Fsp3) is 1.00. The molecule has 74 valence electrons.